The van der Waals surface area contributed by atoms with E-state index in [1.54, 1.807) is 16.8 Å². The number of aliphatic carboxylic acids is 1. The Kier molecular flexibility index (Phi) is 5.84. The van der Waals surface area contributed by atoms with E-state index < -0.39 is 17.5 Å². The van der Waals surface area contributed by atoms with Gasteiger partial charge in [0.05, 0.1) is 5.41 Å². The maximum atomic E-state index is 12.7. The molecule has 0 bridgehead atoms. The van der Waals surface area contributed by atoms with E-state index in [-0.39, 0.29) is 6.61 Å². The summed E-state index contributed by atoms with van der Waals surface area (Å²) in [6.45, 7) is 0.146. The number of carbonyl (C=O) groups excluding carboxylic acids is 1. The van der Waals surface area contributed by atoms with Crippen molar-refractivity contribution in [2.24, 2.45) is 0 Å². The first kappa shape index (κ1) is 23.4. The molecule has 0 saturated heterocycles. The summed E-state index contributed by atoms with van der Waals surface area (Å²) in [5, 5.41) is 16.7. The lowest BCUT2D eigenvalue weighted by Crippen LogP contribution is -2.19. The lowest BCUT2D eigenvalue weighted by molar-refractivity contribution is -0.140. The lowest BCUT2D eigenvalue weighted by Gasteiger charge is -2.11. The molecule has 2 aromatic heterocycles. The molecule has 6 rings (SSSR count). The molecule has 0 spiro atoms. The Labute approximate surface area is 218 Å². The van der Waals surface area contributed by atoms with Gasteiger partial charge in [-0.15, -0.1) is 0 Å². The van der Waals surface area contributed by atoms with E-state index in [4.69, 9.17) is 9.72 Å². The van der Waals surface area contributed by atoms with E-state index >= 15 is 0 Å². The van der Waals surface area contributed by atoms with E-state index in [9.17, 15) is 14.7 Å². The standard InChI is InChI=1S/C30H24N4O4/c35-28(36)30(16-17-30)24-14-12-22(13-15-24)21-8-10-23(11-9-21)26-27(34-25(32-26)7-4-18-31-34)33-29(37)38-19-20-5-2-1-3-6-20/h1-15,18H,16-17,19H2,(H,33,37)(H,35,36). The molecule has 2 heterocycles. The van der Waals surface area contributed by atoms with Gasteiger partial charge in [-0.2, -0.15) is 9.61 Å². The third-order valence-corrected chi connectivity index (χ3v) is 6.91. The van der Waals surface area contributed by atoms with Crippen LogP contribution in [0.25, 0.3) is 28.0 Å². The molecule has 1 aliphatic rings. The second-order valence-corrected chi connectivity index (χ2v) is 9.33. The number of rotatable bonds is 7. The van der Waals surface area contributed by atoms with E-state index in [0.29, 0.717) is 30.0 Å². The van der Waals surface area contributed by atoms with Crippen LogP contribution in [0.1, 0.15) is 24.0 Å². The number of nitrogens with zero attached hydrogens (tertiary/aromatic N) is 3. The molecule has 1 fully saturated rings. The molecule has 0 radical (unpaired) electrons. The number of carboxylic acid groups (broad SMARTS) is 1. The van der Waals surface area contributed by atoms with Crippen molar-refractivity contribution in [3.8, 4) is 22.4 Å². The highest BCUT2D eigenvalue weighted by Crippen LogP contribution is 2.48. The maximum Gasteiger partial charge on any atom is 0.413 e. The molecule has 1 aliphatic carbocycles. The smallest absolute Gasteiger partial charge is 0.413 e. The number of aromatic nitrogens is 3. The van der Waals surface area contributed by atoms with Gasteiger partial charge in [-0.3, -0.25) is 10.1 Å². The molecule has 8 heteroatoms. The molecule has 0 unspecified atom stereocenters. The third-order valence-electron chi connectivity index (χ3n) is 6.91. The molecule has 188 valence electrons. The topological polar surface area (TPSA) is 106 Å². The van der Waals surface area contributed by atoms with Crippen LogP contribution in [0.4, 0.5) is 10.6 Å². The Morgan fingerprint density at radius 3 is 2.18 bits per heavy atom. The monoisotopic (exact) mass is 504 g/mol. The van der Waals surface area contributed by atoms with Crippen molar-refractivity contribution in [1.29, 1.82) is 0 Å². The van der Waals surface area contributed by atoms with Crippen LogP contribution >= 0.6 is 0 Å². The first-order chi connectivity index (χ1) is 18.5. The average Bonchev–Trinajstić information content (AvgIpc) is 3.70. The number of anilines is 1. The molecule has 38 heavy (non-hydrogen) atoms. The minimum atomic E-state index is -0.759. The minimum Gasteiger partial charge on any atom is -0.481 e. The molecule has 2 N–H and O–H groups in total. The highest BCUT2D eigenvalue weighted by atomic mass is 16.5. The zero-order chi connectivity index (χ0) is 26.1. The van der Waals surface area contributed by atoms with Crippen molar-refractivity contribution in [2.45, 2.75) is 24.9 Å². The number of nitrogens with one attached hydrogen (secondary N) is 1. The van der Waals surface area contributed by atoms with Gasteiger partial charge in [0.2, 0.25) is 0 Å². The summed E-state index contributed by atoms with van der Waals surface area (Å²) in [5.41, 5.74) is 4.95. The van der Waals surface area contributed by atoms with E-state index in [2.05, 4.69) is 10.4 Å². The Balaban J connectivity index is 1.24. The Hall–Kier alpha value is -4.98. The summed E-state index contributed by atoms with van der Waals surface area (Å²) in [7, 11) is 0. The number of ether oxygens (including phenoxy) is 1. The first-order valence-corrected chi connectivity index (χ1v) is 12.3. The molecule has 1 saturated carbocycles. The van der Waals surface area contributed by atoms with E-state index in [1.807, 2.05) is 84.9 Å². The molecule has 3 aromatic carbocycles. The zero-order valence-electron chi connectivity index (χ0n) is 20.4. The van der Waals surface area contributed by atoms with Gasteiger partial charge in [-0.05, 0) is 47.2 Å². The summed E-state index contributed by atoms with van der Waals surface area (Å²) in [4.78, 5) is 29.0. The van der Waals surface area contributed by atoms with Gasteiger partial charge in [-0.25, -0.2) is 9.78 Å². The van der Waals surface area contributed by atoms with Crippen LogP contribution in [0, 0.1) is 0 Å². The van der Waals surface area contributed by atoms with Crippen molar-refractivity contribution in [2.75, 3.05) is 5.32 Å². The summed E-state index contributed by atoms with van der Waals surface area (Å²) >= 11 is 0. The summed E-state index contributed by atoms with van der Waals surface area (Å²) in [6, 6.07) is 28.6. The summed E-state index contributed by atoms with van der Waals surface area (Å²) in [6.07, 6.45) is 2.39. The number of carboxylic acids is 1. The van der Waals surface area contributed by atoms with Crippen molar-refractivity contribution < 1.29 is 19.4 Å². The summed E-state index contributed by atoms with van der Waals surface area (Å²) in [5.74, 6) is -0.343. The fraction of sp³-hybridized carbons (Fsp3) is 0.133. The fourth-order valence-corrected chi connectivity index (χ4v) is 4.61. The number of benzene rings is 3. The van der Waals surface area contributed by atoms with Gasteiger partial charge < -0.3 is 9.84 Å². The van der Waals surface area contributed by atoms with Crippen molar-refractivity contribution in [3.05, 3.63) is 108 Å². The maximum absolute atomic E-state index is 12.7. The second-order valence-electron chi connectivity index (χ2n) is 9.33. The van der Waals surface area contributed by atoms with E-state index in [0.717, 1.165) is 27.8 Å². The molecule has 8 nitrogen and oxygen atoms in total. The van der Waals surface area contributed by atoms with Crippen LogP contribution in [0.15, 0.2) is 97.2 Å². The predicted molar refractivity (Wildman–Crippen MR) is 143 cm³/mol. The van der Waals surface area contributed by atoms with Crippen LogP contribution in [-0.4, -0.2) is 31.8 Å². The Morgan fingerprint density at radius 1 is 0.868 bits per heavy atom. The number of amides is 1. The quantitative estimate of drug-likeness (QED) is 0.285. The zero-order valence-corrected chi connectivity index (χ0v) is 20.4. The van der Waals surface area contributed by atoms with Gasteiger partial charge >= 0.3 is 12.1 Å². The second kappa shape index (κ2) is 9.48. The van der Waals surface area contributed by atoms with Gasteiger partial charge in [0.1, 0.15) is 12.3 Å². The van der Waals surface area contributed by atoms with Gasteiger partial charge in [0, 0.05) is 11.8 Å². The number of imidazole rings is 1. The minimum absolute atomic E-state index is 0.146. The highest BCUT2D eigenvalue weighted by molar-refractivity contribution is 5.90. The molecule has 5 aromatic rings. The summed E-state index contributed by atoms with van der Waals surface area (Å²) < 4.78 is 6.99. The largest absolute Gasteiger partial charge is 0.481 e. The number of carbonyl (C=O) groups is 2. The van der Waals surface area contributed by atoms with E-state index in [1.165, 1.54) is 0 Å². The Bertz CT molecular complexity index is 1620. The number of fused-ring (bicyclic) bond motifs is 1. The molecule has 0 aliphatic heterocycles. The number of hydrogen-bond donors (Lipinski definition) is 2. The van der Waals surface area contributed by atoms with Crippen molar-refractivity contribution in [1.82, 2.24) is 14.6 Å². The molecule has 1 amide bonds. The SMILES string of the molecule is O=C(Nc1c(-c2ccc(-c3ccc(C4(C(=O)O)CC4)cc3)cc2)nc2cccnn12)OCc1ccccc1. The molecule has 0 atom stereocenters. The predicted octanol–water partition coefficient (Wildman–Crippen LogP) is 5.93. The first-order valence-electron chi connectivity index (χ1n) is 12.3. The highest BCUT2D eigenvalue weighted by Gasteiger charge is 2.51. The van der Waals surface area contributed by atoms with Gasteiger partial charge in [-0.1, -0.05) is 78.9 Å². The van der Waals surface area contributed by atoms with Crippen LogP contribution < -0.4 is 5.32 Å². The van der Waals surface area contributed by atoms with Crippen molar-refractivity contribution >= 4 is 23.5 Å². The number of hydrogen-bond acceptors (Lipinski definition) is 5. The Morgan fingerprint density at radius 2 is 1.53 bits per heavy atom. The van der Waals surface area contributed by atoms with Gasteiger partial charge in [0.25, 0.3) is 0 Å². The third kappa shape index (κ3) is 4.37. The molecular formula is C30H24N4O4. The van der Waals surface area contributed by atoms with Crippen LogP contribution in [0.5, 0.6) is 0 Å². The van der Waals surface area contributed by atoms with Crippen molar-refractivity contribution in [3.63, 3.8) is 0 Å². The molecular weight excluding hydrogens is 480 g/mol. The van der Waals surface area contributed by atoms with Crippen LogP contribution in [0.2, 0.25) is 0 Å². The average molecular weight is 505 g/mol. The van der Waals surface area contributed by atoms with Gasteiger partial charge in [0.15, 0.2) is 11.5 Å². The van der Waals surface area contributed by atoms with Crippen LogP contribution in [-0.2, 0) is 21.6 Å². The fourth-order valence-electron chi connectivity index (χ4n) is 4.61. The normalized spacial score (nSPS) is 13.7. The lowest BCUT2D eigenvalue weighted by atomic mass is 9.93. The van der Waals surface area contributed by atoms with Crippen LogP contribution in [0.3, 0.4) is 0 Å².